The van der Waals surface area contributed by atoms with Gasteiger partial charge in [-0.15, -0.1) is 0 Å². The number of carbonyl (C=O) groups excluding carboxylic acids is 1. The Morgan fingerprint density at radius 2 is 2.47 bits per heavy atom. The van der Waals surface area contributed by atoms with Crippen LogP contribution in [0.1, 0.15) is 24.8 Å². The molecule has 1 saturated heterocycles. The summed E-state index contributed by atoms with van der Waals surface area (Å²) >= 11 is 1.67. The van der Waals surface area contributed by atoms with Crippen molar-refractivity contribution in [2.75, 3.05) is 20.2 Å². The monoisotopic (exact) mass is 282 g/mol. The predicted molar refractivity (Wildman–Crippen MR) is 77.2 cm³/mol. The van der Waals surface area contributed by atoms with Crippen LogP contribution in [0.5, 0.6) is 0 Å². The van der Waals surface area contributed by atoms with Crippen molar-refractivity contribution in [2.45, 2.75) is 37.8 Å². The Morgan fingerprint density at radius 1 is 1.63 bits per heavy atom. The minimum Gasteiger partial charge on any atom is -0.381 e. The van der Waals surface area contributed by atoms with Crippen LogP contribution < -0.4 is 5.73 Å². The number of ether oxygens (including phenoxy) is 1. The number of thiophene rings is 1. The minimum absolute atomic E-state index is 0.133. The minimum atomic E-state index is 0.133. The molecule has 1 aliphatic heterocycles. The Balaban J connectivity index is 1.87. The van der Waals surface area contributed by atoms with Crippen molar-refractivity contribution in [1.29, 1.82) is 0 Å². The van der Waals surface area contributed by atoms with E-state index in [1.807, 2.05) is 10.3 Å². The van der Waals surface area contributed by atoms with Crippen LogP contribution in [-0.4, -0.2) is 43.2 Å². The molecular formula is C14H22N2O2S. The highest BCUT2D eigenvalue weighted by atomic mass is 32.1. The Morgan fingerprint density at radius 3 is 3.11 bits per heavy atom. The summed E-state index contributed by atoms with van der Waals surface area (Å²) in [5.41, 5.74) is 7.04. The molecule has 1 aromatic heterocycles. The number of nitrogens with zero attached hydrogens (tertiary/aromatic N) is 1. The second kappa shape index (κ2) is 7.03. The zero-order valence-electron chi connectivity index (χ0n) is 11.4. The second-order valence-corrected chi connectivity index (χ2v) is 5.77. The lowest BCUT2D eigenvalue weighted by Crippen LogP contribution is -2.51. The van der Waals surface area contributed by atoms with Gasteiger partial charge in [-0.05, 0) is 41.7 Å². The normalized spacial score (nSPS) is 23.6. The van der Waals surface area contributed by atoms with Gasteiger partial charge in [0.2, 0.25) is 5.91 Å². The number of likely N-dealkylation sites (tertiary alicyclic amines) is 1. The smallest absolute Gasteiger partial charge is 0.223 e. The van der Waals surface area contributed by atoms with E-state index >= 15 is 0 Å². The number of methoxy groups -OCH3 is 1. The van der Waals surface area contributed by atoms with Crippen LogP contribution in [0, 0.1) is 0 Å². The Kier molecular flexibility index (Phi) is 5.36. The molecule has 19 heavy (non-hydrogen) atoms. The lowest BCUT2D eigenvalue weighted by atomic mass is 9.98. The summed E-state index contributed by atoms with van der Waals surface area (Å²) in [5.74, 6) is 0.219. The summed E-state index contributed by atoms with van der Waals surface area (Å²) in [4.78, 5) is 14.2. The lowest BCUT2D eigenvalue weighted by molar-refractivity contribution is -0.136. The predicted octanol–water partition coefficient (Wildman–Crippen LogP) is 1.65. The van der Waals surface area contributed by atoms with Crippen molar-refractivity contribution >= 4 is 17.2 Å². The molecule has 0 saturated carbocycles. The number of nitrogens with two attached hydrogens (primary N) is 1. The molecule has 5 heteroatoms. The summed E-state index contributed by atoms with van der Waals surface area (Å²) < 4.78 is 5.38. The van der Waals surface area contributed by atoms with E-state index in [4.69, 9.17) is 10.5 Å². The molecule has 0 aliphatic carbocycles. The fourth-order valence-electron chi connectivity index (χ4n) is 2.61. The zero-order valence-corrected chi connectivity index (χ0v) is 12.2. The van der Waals surface area contributed by atoms with Crippen molar-refractivity contribution in [2.24, 2.45) is 5.73 Å². The zero-order chi connectivity index (χ0) is 13.7. The van der Waals surface area contributed by atoms with Gasteiger partial charge in [0, 0.05) is 32.7 Å². The summed E-state index contributed by atoms with van der Waals surface area (Å²) in [5, 5.41) is 4.15. The van der Waals surface area contributed by atoms with E-state index in [1.165, 1.54) is 5.56 Å². The summed E-state index contributed by atoms with van der Waals surface area (Å²) in [6, 6.07) is 2.21. The molecule has 2 atom stereocenters. The van der Waals surface area contributed by atoms with Gasteiger partial charge in [-0.25, -0.2) is 0 Å². The van der Waals surface area contributed by atoms with Crippen LogP contribution in [-0.2, 0) is 16.0 Å². The van der Waals surface area contributed by atoms with Gasteiger partial charge >= 0.3 is 0 Å². The third-order valence-corrected chi connectivity index (χ3v) is 4.53. The number of hydrogen-bond donors (Lipinski definition) is 1. The maximum Gasteiger partial charge on any atom is 0.223 e. The van der Waals surface area contributed by atoms with Gasteiger partial charge in [-0.3, -0.25) is 4.79 Å². The van der Waals surface area contributed by atoms with Crippen molar-refractivity contribution in [3.05, 3.63) is 22.4 Å². The second-order valence-electron chi connectivity index (χ2n) is 4.99. The first-order chi connectivity index (χ1) is 9.24. The van der Waals surface area contributed by atoms with Crippen molar-refractivity contribution in [3.63, 3.8) is 0 Å². The van der Waals surface area contributed by atoms with Crippen LogP contribution in [0.2, 0.25) is 0 Å². The van der Waals surface area contributed by atoms with Gasteiger partial charge in [0.15, 0.2) is 0 Å². The molecule has 0 aromatic carbocycles. The quantitative estimate of drug-likeness (QED) is 0.893. The highest BCUT2D eigenvalue weighted by molar-refractivity contribution is 7.07. The van der Waals surface area contributed by atoms with Crippen LogP contribution in [0.4, 0.5) is 0 Å². The van der Waals surface area contributed by atoms with Crippen molar-refractivity contribution in [1.82, 2.24) is 4.90 Å². The van der Waals surface area contributed by atoms with E-state index in [1.54, 1.807) is 18.4 Å². The largest absolute Gasteiger partial charge is 0.381 e. The van der Waals surface area contributed by atoms with Crippen molar-refractivity contribution in [3.8, 4) is 0 Å². The highest BCUT2D eigenvalue weighted by Gasteiger charge is 2.30. The van der Waals surface area contributed by atoms with Gasteiger partial charge in [0.1, 0.15) is 0 Å². The molecule has 0 radical (unpaired) electrons. The maximum atomic E-state index is 12.3. The van der Waals surface area contributed by atoms with Crippen LogP contribution in [0.25, 0.3) is 0 Å². The number of piperidine rings is 1. The first-order valence-electron chi connectivity index (χ1n) is 6.78. The standard InChI is InChI=1S/C14H22N2O2S/c1-18-13-4-6-16(12(8-13)9-15)14(17)3-2-11-5-7-19-10-11/h5,7,10,12-13H,2-4,6,8-9,15H2,1H3. The molecule has 0 spiro atoms. The number of aryl methyl sites for hydroxylation is 1. The summed E-state index contributed by atoms with van der Waals surface area (Å²) in [6.45, 7) is 1.28. The van der Waals surface area contributed by atoms with Gasteiger partial charge in [-0.2, -0.15) is 11.3 Å². The van der Waals surface area contributed by atoms with Crippen LogP contribution in [0.15, 0.2) is 16.8 Å². The number of carbonyl (C=O) groups is 1. The Hall–Kier alpha value is -0.910. The van der Waals surface area contributed by atoms with E-state index in [0.29, 0.717) is 13.0 Å². The Labute approximate surface area is 118 Å². The molecule has 1 amide bonds. The SMILES string of the molecule is COC1CCN(C(=O)CCc2ccsc2)C(CN)C1. The third kappa shape index (κ3) is 3.78. The van der Waals surface area contributed by atoms with Gasteiger partial charge in [-0.1, -0.05) is 0 Å². The average Bonchev–Trinajstić information content (AvgIpc) is 2.97. The number of rotatable bonds is 5. The molecule has 1 aliphatic rings. The first-order valence-corrected chi connectivity index (χ1v) is 7.72. The molecular weight excluding hydrogens is 260 g/mol. The van der Waals surface area contributed by atoms with Crippen molar-refractivity contribution < 1.29 is 9.53 Å². The maximum absolute atomic E-state index is 12.3. The van der Waals surface area contributed by atoms with E-state index in [-0.39, 0.29) is 18.1 Å². The molecule has 1 fully saturated rings. The fraction of sp³-hybridized carbons (Fsp3) is 0.643. The summed E-state index contributed by atoms with van der Waals surface area (Å²) in [6.07, 6.45) is 3.41. The average molecular weight is 282 g/mol. The molecule has 0 bridgehead atoms. The van der Waals surface area contributed by atoms with E-state index < -0.39 is 0 Å². The van der Waals surface area contributed by atoms with Crippen LogP contribution >= 0.6 is 11.3 Å². The van der Waals surface area contributed by atoms with Gasteiger partial charge in [0.25, 0.3) is 0 Å². The first kappa shape index (κ1) is 14.5. The molecule has 106 valence electrons. The lowest BCUT2D eigenvalue weighted by Gasteiger charge is -2.38. The number of hydrogen-bond acceptors (Lipinski definition) is 4. The van der Waals surface area contributed by atoms with E-state index in [0.717, 1.165) is 25.8 Å². The van der Waals surface area contributed by atoms with E-state index in [9.17, 15) is 4.79 Å². The molecule has 4 nitrogen and oxygen atoms in total. The number of amides is 1. The highest BCUT2D eigenvalue weighted by Crippen LogP contribution is 2.20. The van der Waals surface area contributed by atoms with Crippen LogP contribution in [0.3, 0.4) is 0 Å². The van der Waals surface area contributed by atoms with Gasteiger partial charge < -0.3 is 15.4 Å². The van der Waals surface area contributed by atoms with E-state index in [2.05, 4.69) is 11.4 Å². The molecule has 2 heterocycles. The topological polar surface area (TPSA) is 55.6 Å². The molecule has 2 N–H and O–H groups in total. The fourth-order valence-corrected chi connectivity index (χ4v) is 3.31. The summed E-state index contributed by atoms with van der Waals surface area (Å²) in [7, 11) is 1.73. The molecule has 2 unspecified atom stereocenters. The Bertz CT molecular complexity index is 394. The molecule has 2 rings (SSSR count). The molecule has 1 aromatic rings. The third-order valence-electron chi connectivity index (χ3n) is 3.80. The van der Waals surface area contributed by atoms with Gasteiger partial charge in [0.05, 0.1) is 6.10 Å².